The molecule has 1 atom stereocenters. The largest absolute Gasteiger partial charge is 0.316 e. The number of nitrogens with one attached hydrogen (secondary N) is 1. The Hall–Kier alpha value is -0.130. The fourth-order valence-electron chi connectivity index (χ4n) is 2.93. The molecule has 0 aromatic carbocycles. The van der Waals surface area contributed by atoms with Crippen LogP contribution in [-0.4, -0.2) is 57.5 Å². The van der Waals surface area contributed by atoms with Crippen molar-refractivity contribution in [2.45, 2.75) is 20.3 Å². The maximum Gasteiger partial charge on any atom is 0.152 e. The van der Waals surface area contributed by atoms with Crippen molar-refractivity contribution in [1.29, 1.82) is 0 Å². The summed E-state index contributed by atoms with van der Waals surface area (Å²) in [6.07, 6.45) is 1.22. The SMILES string of the molecule is CC(C)C1(CN2CCS(=O)(=O)CC2)CCNC1. The quantitative estimate of drug-likeness (QED) is 0.796. The summed E-state index contributed by atoms with van der Waals surface area (Å²) in [4.78, 5) is 2.34. The van der Waals surface area contributed by atoms with Crippen LogP contribution in [0.1, 0.15) is 20.3 Å². The highest BCUT2D eigenvalue weighted by Gasteiger charge is 2.39. The van der Waals surface area contributed by atoms with Crippen molar-refractivity contribution in [3.8, 4) is 0 Å². The van der Waals surface area contributed by atoms with Gasteiger partial charge in [0.2, 0.25) is 0 Å². The van der Waals surface area contributed by atoms with E-state index in [1.54, 1.807) is 0 Å². The van der Waals surface area contributed by atoms with E-state index in [1.807, 2.05) is 0 Å². The van der Waals surface area contributed by atoms with E-state index < -0.39 is 9.84 Å². The van der Waals surface area contributed by atoms with E-state index in [0.29, 0.717) is 22.8 Å². The van der Waals surface area contributed by atoms with Gasteiger partial charge in [-0.25, -0.2) is 8.42 Å². The summed E-state index contributed by atoms with van der Waals surface area (Å²) in [6.45, 7) is 9.24. The Morgan fingerprint density at radius 3 is 2.41 bits per heavy atom. The van der Waals surface area contributed by atoms with Crippen LogP contribution >= 0.6 is 0 Å². The van der Waals surface area contributed by atoms with Crippen molar-refractivity contribution in [2.75, 3.05) is 44.2 Å². The first-order valence-electron chi connectivity index (χ1n) is 6.57. The van der Waals surface area contributed by atoms with Crippen molar-refractivity contribution in [2.24, 2.45) is 11.3 Å². The van der Waals surface area contributed by atoms with Gasteiger partial charge in [0.1, 0.15) is 0 Å². The zero-order valence-corrected chi connectivity index (χ0v) is 11.7. The van der Waals surface area contributed by atoms with Crippen LogP contribution in [0.4, 0.5) is 0 Å². The molecule has 2 rings (SSSR count). The topological polar surface area (TPSA) is 49.4 Å². The number of nitrogens with zero attached hydrogens (tertiary/aromatic N) is 1. The summed E-state index contributed by atoms with van der Waals surface area (Å²) in [5, 5.41) is 3.46. The molecular formula is C12H24N2O2S. The van der Waals surface area contributed by atoms with Crippen LogP contribution in [-0.2, 0) is 9.84 Å². The van der Waals surface area contributed by atoms with Crippen molar-refractivity contribution in [3.63, 3.8) is 0 Å². The number of hydrogen-bond donors (Lipinski definition) is 1. The Morgan fingerprint density at radius 2 is 1.94 bits per heavy atom. The Bertz CT molecular complexity index is 345. The third kappa shape index (κ3) is 3.01. The van der Waals surface area contributed by atoms with E-state index in [2.05, 4.69) is 24.1 Å². The van der Waals surface area contributed by atoms with Crippen LogP contribution in [0.2, 0.25) is 0 Å². The third-order valence-corrected chi connectivity index (χ3v) is 6.09. The van der Waals surface area contributed by atoms with E-state index >= 15 is 0 Å². The highest BCUT2D eigenvalue weighted by Crippen LogP contribution is 2.35. The molecule has 100 valence electrons. The molecule has 2 aliphatic rings. The van der Waals surface area contributed by atoms with Crippen molar-refractivity contribution in [1.82, 2.24) is 10.2 Å². The van der Waals surface area contributed by atoms with Crippen molar-refractivity contribution >= 4 is 9.84 Å². The Kier molecular flexibility index (Phi) is 3.80. The lowest BCUT2D eigenvalue weighted by Crippen LogP contribution is -2.48. The molecular weight excluding hydrogens is 236 g/mol. The minimum absolute atomic E-state index is 0.342. The van der Waals surface area contributed by atoms with Gasteiger partial charge in [0.25, 0.3) is 0 Å². The Labute approximate surface area is 105 Å². The average Bonchev–Trinajstić information content (AvgIpc) is 2.71. The third-order valence-electron chi connectivity index (χ3n) is 4.48. The number of rotatable bonds is 3. The zero-order valence-electron chi connectivity index (χ0n) is 10.9. The van der Waals surface area contributed by atoms with Crippen molar-refractivity contribution < 1.29 is 8.42 Å². The highest BCUT2D eigenvalue weighted by atomic mass is 32.2. The smallest absolute Gasteiger partial charge is 0.152 e. The normalized spacial score (nSPS) is 34.3. The van der Waals surface area contributed by atoms with Gasteiger partial charge in [0.05, 0.1) is 11.5 Å². The molecule has 0 spiro atoms. The molecule has 1 N–H and O–H groups in total. The highest BCUT2D eigenvalue weighted by molar-refractivity contribution is 7.91. The summed E-state index contributed by atoms with van der Waals surface area (Å²) in [5.41, 5.74) is 0.348. The molecule has 2 saturated heterocycles. The molecule has 17 heavy (non-hydrogen) atoms. The van der Waals surface area contributed by atoms with E-state index in [9.17, 15) is 8.42 Å². The van der Waals surface area contributed by atoms with Crippen LogP contribution in [0, 0.1) is 11.3 Å². The number of sulfone groups is 1. The van der Waals surface area contributed by atoms with Crippen molar-refractivity contribution in [3.05, 3.63) is 0 Å². The van der Waals surface area contributed by atoms with Gasteiger partial charge in [0.15, 0.2) is 9.84 Å². The standard InChI is InChI=1S/C12H24N2O2S/c1-11(2)12(3-4-13-9-12)10-14-5-7-17(15,16)8-6-14/h11,13H,3-10H2,1-2H3. The summed E-state index contributed by atoms with van der Waals surface area (Å²) in [6, 6.07) is 0. The summed E-state index contributed by atoms with van der Waals surface area (Å²) in [7, 11) is -2.75. The Balaban J connectivity index is 1.96. The second-order valence-electron chi connectivity index (χ2n) is 5.87. The molecule has 0 bridgehead atoms. The molecule has 0 amide bonds. The molecule has 2 aliphatic heterocycles. The first kappa shape index (κ1) is 13.3. The predicted octanol–water partition coefficient (Wildman–Crippen LogP) is 0.353. The first-order valence-corrected chi connectivity index (χ1v) is 8.39. The van der Waals surface area contributed by atoms with Gasteiger partial charge in [-0.3, -0.25) is 0 Å². The van der Waals surface area contributed by atoms with Crippen LogP contribution in [0.3, 0.4) is 0 Å². The fraction of sp³-hybridized carbons (Fsp3) is 1.00. The average molecular weight is 260 g/mol. The second-order valence-corrected chi connectivity index (χ2v) is 8.18. The predicted molar refractivity (Wildman–Crippen MR) is 69.9 cm³/mol. The Morgan fingerprint density at radius 1 is 1.29 bits per heavy atom. The molecule has 4 nitrogen and oxygen atoms in total. The molecule has 2 fully saturated rings. The maximum atomic E-state index is 11.4. The van der Waals surface area contributed by atoms with Gasteiger partial charge in [-0.05, 0) is 24.3 Å². The van der Waals surface area contributed by atoms with Gasteiger partial charge < -0.3 is 10.2 Å². The van der Waals surface area contributed by atoms with Gasteiger partial charge in [-0.1, -0.05) is 13.8 Å². The number of hydrogen-bond acceptors (Lipinski definition) is 4. The summed E-state index contributed by atoms with van der Waals surface area (Å²) in [5.74, 6) is 1.33. The molecule has 1 unspecified atom stereocenters. The summed E-state index contributed by atoms with van der Waals surface area (Å²) < 4.78 is 22.8. The zero-order chi connectivity index (χ0) is 12.5. The van der Waals surface area contributed by atoms with E-state index in [-0.39, 0.29) is 0 Å². The molecule has 0 aromatic heterocycles. The molecule has 5 heteroatoms. The molecule has 2 heterocycles. The second kappa shape index (κ2) is 4.86. The van der Waals surface area contributed by atoms with Gasteiger partial charge >= 0.3 is 0 Å². The molecule has 0 aromatic rings. The summed E-state index contributed by atoms with van der Waals surface area (Å²) >= 11 is 0. The van der Waals surface area contributed by atoms with E-state index in [1.165, 1.54) is 6.42 Å². The lowest BCUT2D eigenvalue weighted by Gasteiger charge is -2.39. The molecule has 0 saturated carbocycles. The maximum absolute atomic E-state index is 11.4. The lowest BCUT2D eigenvalue weighted by molar-refractivity contribution is 0.124. The monoisotopic (exact) mass is 260 g/mol. The van der Waals surface area contributed by atoms with Crippen LogP contribution in [0.25, 0.3) is 0 Å². The van der Waals surface area contributed by atoms with E-state index in [0.717, 1.165) is 32.7 Å². The lowest BCUT2D eigenvalue weighted by atomic mass is 9.76. The molecule has 0 aliphatic carbocycles. The molecule has 0 radical (unpaired) electrons. The van der Waals surface area contributed by atoms with E-state index in [4.69, 9.17) is 0 Å². The minimum atomic E-state index is -2.75. The van der Waals surface area contributed by atoms with Gasteiger partial charge in [-0.2, -0.15) is 0 Å². The van der Waals surface area contributed by atoms with Gasteiger partial charge in [-0.15, -0.1) is 0 Å². The van der Waals surface area contributed by atoms with Crippen LogP contribution < -0.4 is 5.32 Å². The first-order chi connectivity index (χ1) is 7.94. The van der Waals surface area contributed by atoms with Crippen LogP contribution in [0.15, 0.2) is 0 Å². The van der Waals surface area contributed by atoms with Crippen LogP contribution in [0.5, 0.6) is 0 Å². The fourth-order valence-corrected chi connectivity index (χ4v) is 4.20. The minimum Gasteiger partial charge on any atom is -0.316 e. The van der Waals surface area contributed by atoms with Gasteiger partial charge in [0, 0.05) is 26.2 Å².